The smallest absolute Gasteiger partial charge is 0.182 e. The lowest BCUT2D eigenvalue weighted by Gasteiger charge is -2.01. The zero-order valence-electron chi connectivity index (χ0n) is 9.13. The molecule has 2 heterocycles. The molecule has 2 aromatic heterocycles. The molecular formula is C12H9ClN4. The first kappa shape index (κ1) is 10.2. The Bertz CT molecular complexity index is 676. The maximum atomic E-state index is 6.05. The minimum absolute atomic E-state index is 0.423. The summed E-state index contributed by atoms with van der Waals surface area (Å²) in [7, 11) is 1.91. The third-order valence-corrected chi connectivity index (χ3v) is 2.93. The average Bonchev–Trinajstić information content (AvgIpc) is 2.69. The molecule has 0 radical (unpaired) electrons. The van der Waals surface area contributed by atoms with Gasteiger partial charge in [-0.2, -0.15) is 0 Å². The van der Waals surface area contributed by atoms with E-state index < -0.39 is 0 Å². The van der Waals surface area contributed by atoms with Crippen LogP contribution in [0.3, 0.4) is 0 Å². The lowest BCUT2D eigenvalue weighted by Crippen LogP contribution is -1.93. The third kappa shape index (κ3) is 1.57. The second-order valence-corrected chi connectivity index (χ2v) is 4.06. The molecular weight excluding hydrogens is 236 g/mol. The van der Waals surface area contributed by atoms with Gasteiger partial charge in [-0.25, -0.2) is 15.0 Å². The summed E-state index contributed by atoms with van der Waals surface area (Å²) in [5.74, 6) is 0.836. The summed E-state index contributed by atoms with van der Waals surface area (Å²) >= 11 is 6.05. The Kier molecular flexibility index (Phi) is 2.30. The van der Waals surface area contributed by atoms with Crippen molar-refractivity contribution < 1.29 is 0 Å². The molecule has 0 aliphatic heterocycles. The number of aryl methyl sites for hydroxylation is 1. The van der Waals surface area contributed by atoms with Crippen molar-refractivity contribution in [1.82, 2.24) is 19.5 Å². The fourth-order valence-electron chi connectivity index (χ4n) is 1.85. The Labute approximate surface area is 103 Å². The molecule has 0 fully saturated rings. The number of aromatic nitrogens is 4. The van der Waals surface area contributed by atoms with Crippen LogP contribution in [0, 0.1) is 0 Å². The van der Waals surface area contributed by atoms with Gasteiger partial charge in [0.2, 0.25) is 0 Å². The fraction of sp³-hybridized carbons (Fsp3) is 0.0833. The van der Waals surface area contributed by atoms with Crippen molar-refractivity contribution >= 4 is 22.8 Å². The van der Waals surface area contributed by atoms with E-state index in [-0.39, 0.29) is 0 Å². The molecule has 17 heavy (non-hydrogen) atoms. The average molecular weight is 245 g/mol. The maximum Gasteiger partial charge on any atom is 0.182 e. The van der Waals surface area contributed by atoms with Crippen LogP contribution in [0.5, 0.6) is 0 Å². The van der Waals surface area contributed by atoms with Gasteiger partial charge in [-0.15, -0.1) is 0 Å². The van der Waals surface area contributed by atoms with Crippen LogP contribution in [0.25, 0.3) is 22.6 Å². The summed E-state index contributed by atoms with van der Waals surface area (Å²) < 4.78 is 1.91. The highest BCUT2D eigenvalue weighted by Gasteiger charge is 2.13. The van der Waals surface area contributed by atoms with Gasteiger partial charge >= 0.3 is 0 Å². The first-order valence-electron chi connectivity index (χ1n) is 5.15. The van der Waals surface area contributed by atoms with Crippen molar-refractivity contribution in [2.75, 3.05) is 0 Å². The lowest BCUT2D eigenvalue weighted by atomic mass is 10.2. The molecule has 84 valence electrons. The predicted molar refractivity (Wildman–Crippen MR) is 66.8 cm³/mol. The van der Waals surface area contributed by atoms with E-state index in [1.54, 1.807) is 0 Å². The van der Waals surface area contributed by atoms with E-state index in [1.165, 1.54) is 6.33 Å². The molecule has 0 bridgehead atoms. The number of benzene rings is 1. The molecule has 0 amide bonds. The Morgan fingerprint density at radius 3 is 2.59 bits per heavy atom. The van der Waals surface area contributed by atoms with Crippen molar-refractivity contribution in [3.8, 4) is 11.4 Å². The van der Waals surface area contributed by atoms with Gasteiger partial charge in [0.25, 0.3) is 0 Å². The molecule has 3 aromatic rings. The van der Waals surface area contributed by atoms with Crippen molar-refractivity contribution in [3.05, 3.63) is 41.8 Å². The minimum Gasteiger partial charge on any atom is -0.323 e. The van der Waals surface area contributed by atoms with Gasteiger partial charge in [0.05, 0.1) is 0 Å². The molecule has 3 rings (SSSR count). The van der Waals surface area contributed by atoms with Crippen LogP contribution < -0.4 is 0 Å². The second-order valence-electron chi connectivity index (χ2n) is 3.70. The highest BCUT2D eigenvalue weighted by molar-refractivity contribution is 6.33. The molecule has 0 aliphatic rings. The van der Waals surface area contributed by atoms with Crippen LogP contribution in [0.4, 0.5) is 0 Å². The number of hydrogen-bond donors (Lipinski definition) is 0. The predicted octanol–water partition coefficient (Wildman–Crippen LogP) is 2.68. The number of nitrogens with zero attached hydrogens (tertiary/aromatic N) is 4. The fourth-order valence-corrected chi connectivity index (χ4v) is 2.10. The topological polar surface area (TPSA) is 43.6 Å². The number of fused-ring (bicyclic) bond motifs is 1. The van der Waals surface area contributed by atoms with Crippen LogP contribution >= 0.6 is 11.6 Å². The second kappa shape index (κ2) is 3.82. The number of hydrogen-bond acceptors (Lipinski definition) is 3. The van der Waals surface area contributed by atoms with Crippen LogP contribution in [-0.4, -0.2) is 19.5 Å². The highest BCUT2D eigenvalue weighted by Crippen LogP contribution is 2.25. The zero-order valence-corrected chi connectivity index (χ0v) is 9.89. The Morgan fingerprint density at radius 2 is 1.88 bits per heavy atom. The van der Waals surface area contributed by atoms with E-state index in [4.69, 9.17) is 11.6 Å². The summed E-state index contributed by atoms with van der Waals surface area (Å²) in [5.41, 5.74) is 2.41. The van der Waals surface area contributed by atoms with E-state index in [2.05, 4.69) is 15.0 Å². The minimum atomic E-state index is 0.423. The molecule has 0 N–H and O–H groups in total. The lowest BCUT2D eigenvalue weighted by molar-refractivity contribution is 0.956. The van der Waals surface area contributed by atoms with E-state index >= 15 is 0 Å². The van der Waals surface area contributed by atoms with Crippen molar-refractivity contribution in [3.63, 3.8) is 0 Å². The standard InChI is InChI=1S/C12H9ClN4/c1-17-9-10(13)14-7-15-11(9)16-12(17)8-5-3-2-4-6-8/h2-7H,1H3. The van der Waals surface area contributed by atoms with Gasteiger partial charge in [-0.05, 0) is 0 Å². The maximum absolute atomic E-state index is 6.05. The summed E-state index contributed by atoms with van der Waals surface area (Å²) in [6, 6.07) is 9.92. The van der Waals surface area contributed by atoms with Gasteiger partial charge < -0.3 is 4.57 Å². The summed E-state index contributed by atoms with van der Waals surface area (Å²) in [4.78, 5) is 12.6. The Hall–Kier alpha value is -1.94. The molecule has 4 nitrogen and oxygen atoms in total. The molecule has 1 aromatic carbocycles. The van der Waals surface area contributed by atoms with Gasteiger partial charge in [0.1, 0.15) is 17.7 Å². The van der Waals surface area contributed by atoms with Gasteiger partial charge in [0.15, 0.2) is 10.8 Å². The van der Waals surface area contributed by atoms with Gasteiger partial charge in [0, 0.05) is 12.6 Å². The van der Waals surface area contributed by atoms with Gasteiger partial charge in [-0.3, -0.25) is 0 Å². The Morgan fingerprint density at radius 1 is 1.12 bits per heavy atom. The van der Waals surface area contributed by atoms with E-state index in [1.807, 2.05) is 41.9 Å². The quantitative estimate of drug-likeness (QED) is 0.618. The summed E-state index contributed by atoms with van der Waals surface area (Å²) in [6.45, 7) is 0. The van der Waals surface area contributed by atoms with Gasteiger partial charge in [-0.1, -0.05) is 41.9 Å². The summed E-state index contributed by atoms with van der Waals surface area (Å²) in [5, 5.41) is 0.423. The molecule has 0 unspecified atom stereocenters. The summed E-state index contributed by atoms with van der Waals surface area (Å²) in [6.07, 6.45) is 1.42. The number of halogens is 1. The number of imidazole rings is 1. The molecule has 0 saturated heterocycles. The Balaban J connectivity index is 2.33. The largest absolute Gasteiger partial charge is 0.323 e. The van der Waals surface area contributed by atoms with Crippen LogP contribution in [-0.2, 0) is 7.05 Å². The molecule has 5 heteroatoms. The van der Waals surface area contributed by atoms with Crippen molar-refractivity contribution in [1.29, 1.82) is 0 Å². The third-order valence-electron chi connectivity index (χ3n) is 2.66. The van der Waals surface area contributed by atoms with E-state index in [0.29, 0.717) is 10.8 Å². The molecule has 0 spiro atoms. The normalized spacial score (nSPS) is 10.9. The monoisotopic (exact) mass is 244 g/mol. The van der Waals surface area contributed by atoms with Crippen LogP contribution in [0.2, 0.25) is 5.15 Å². The van der Waals surface area contributed by atoms with Crippen LogP contribution in [0.15, 0.2) is 36.7 Å². The van der Waals surface area contributed by atoms with E-state index in [9.17, 15) is 0 Å². The first-order valence-corrected chi connectivity index (χ1v) is 5.53. The van der Waals surface area contributed by atoms with Crippen molar-refractivity contribution in [2.45, 2.75) is 0 Å². The zero-order chi connectivity index (χ0) is 11.8. The SMILES string of the molecule is Cn1c(-c2ccccc2)nc2ncnc(Cl)c21. The highest BCUT2D eigenvalue weighted by atomic mass is 35.5. The molecule has 0 saturated carbocycles. The molecule has 0 aliphatic carbocycles. The molecule has 0 atom stereocenters. The van der Waals surface area contributed by atoms with E-state index in [0.717, 1.165) is 16.9 Å². The number of rotatable bonds is 1. The van der Waals surface area contributed by atoms with Crippen LogP contribution in [0.1, 0.15) is 0 Å². The first-order chi connectivity index (χ1) is 8.27. The van der Waals surface area contributed by atoms with Crippen molar-refractivity contribution in [2.24, 2.45) is 7.05 Å².